The van der Waals surface area contributed by atoms with Crippen molar-refractivity contribution in [3.63, 3.8) is 0 Å². The molecule has 0 heterocycles. The molecule has 0 fully saturated rings. The van der Waals surface area contributed by atoms with Crippen molar-refractivity contribution < 1.29 is 9.53 Å². The van der Waals surface area contributed by atoms with Gasteiger partial charge in [-0.3, -0.25) is 9.69 Å². The Morgan fingerprint density at radius 1 is 0.850 bits per heavy atom. The summed E-state index contributed by atoms with van der Waals surface area (Å²) >= 11 is 0. The third-order valence-corrected chi connectivity index (χ3v) is 3.60. The number of unbranched alkanes of at least 4 members (excludes halogenated alkanes) is 9. The first kappa shape index (κ1) is 19.4. The topological polar surface area (TPSA) is 29.5 Å². The monoisotopic (exact) mass is 285 g/mol. The lowest BCUT2D eigenvalue weighted by atomic mass is 10.1. The van der Waals surface area contributed by atoms with E-state index in [0.29, 0.717) is 13.2 Å². The van der Waals surface area contributed by atoms with Gasteiger partial charge in [0.2, 0.25) is 0 Å². The van der Waals surface area contributed by atoms with Crippen LogP contribution in [0.3, 0.4) is 0 Å². The van der Waals surface area contributed by atoms with E-state index in [1.807, 2.05) is 14.0 Å². The maximum atomic E-state index is 11.3. The summed E-state index contributed by atoms with van der Waals surface area (Å²) in [5.74, 6) is -0.109. The lowest BCUT2D eigenvalue weighted by molar-refractivity contribution is -0.144. The highest BCUT2D eigenvalue weighted by atomic mass is 16.5. The summed E-state index contributed by atoms with van der Waals surface area (Å²) in [6.07, 6.45) is 13.5. The van der Waals surface area contributed by atoms with Gasteiger partial charge >= 0.3 is 5.97 Å². The number of carbonyl (C=O) groups is 1. The molecule has 0 aliphatic heterocycles. The van der Waals surface area contributed by atoms with Gasteiger partial charge in [0.15, 0.2) is 0 Å². The number of carbonyl (C=O) groups excluding carboxylic acids is 1. The van der Waals surface area contributed by atoms with E-state index in [2.05, 4.69) is 11.8 Å². The largest absolute Gasteiger partial charge is 0.465 e. The molecular weight excluding hydrogens is 250 g/mol. The van der Waals surface area contributed by atoms with Gasteiger partial charge in [0.25, 0.3) is 0 Å². The van der Waals surface area contributed by atoms with E-state index in [-0.39, 0.29) is 5.97 Å². The Balaban J connectivity index is 3.21. The van der Waals surface area contributed by atoms with Crippen molar-refractivity contribution in [2.45, 2.75) is 78.1 Å². The molecule has 0 unspecified atom stereocenters. The first-order valence-electron chi connectivity index (χ1n) is 8.54. The van der Waals surface area contributed by atoms with Gasteiger partial charge in [-0.2, -0.15) is 0 Å². The molecule has 20 heavy (non-hydrogen) atoms. The first-order chi connectivity index (χ1) is 9.70. The van der Waals surface area contributed by atoms with Crippen LogP contribution in [0.15, 0.2) is 0 Å². The van der Waals surface area contributed by atoms with Gasteiger partial charge < -0.3 is 4.74 Å². The molecule has 0 aromatic carbocycles. The van der Waals surface area contributed by atoms with Crippen molar-refractivity contribution in [2.75, 3.05) is 26.7 Å². The number of esters is 1. The van der Waals surface area contributed by atoms with E-state index >= 15 is 0 Å². The van der Waals surface area contributed by atoms with Crippen molar-refractivity contribution >= 4 is 5.97 Å². The van der Waals surface area contributed by atoms with Crippen LogP contribution in [0.4, 0.5) is 0 Å². The highest BCUT2D eigenvalue weighted by Crippen LogP contribution is 2.10. The highest BCUT2D eigenvalue weighted by Gasteiger charge is 2.06. The molecule has 0 aliphatic carbocycles. The summed E-state index contributed by atoms with van der Waals surface area (Å²) in [6, 6.07) is 0. The van der Waals surface area contributed by atoms with Gasteiger partial charge in [-0.15, -0.1) is 0 Å². The SMILES string of the molecule is CCCCCCCCCCCCN(C)CC(=O)OCC. The average Bonchev–Trinajstić information content (AvgIpc) is 2.41. The van der Waals surface area contributed by atoms with Gasteiger partial charge in [0.05, 0.1) is 13.2 Å². The van der Waals surface area contributed by atoms with E-state index in [0.717, 1.165) is 6.54 Å². The second kappa shape index (κ2) is 14.8. The number of hydrogen-bond donors (Lipinski definition) is 0. The maximum Gasteiger partial charge on any atom is 0.320 e. The molecule has 0 aromatic heterocycles. The van der Waals surface area contributed by atoms with E-state index in [4.69, 9.17) is 4.74 Å². The quantitative estimate of drug-likeness (QED) is 0.350. The summed E-state index contributed by atoms with van der Waals surface area (Å²) in [7, 11) is 1.99. The predicted octanol–water partition coefficient (Wildman–Crippen LogP) is 4.40. The van der Waals surface area contributed by atoms with E-state index in [1.54, 1.807) is 0 Å². The molecule has 0 saturated heterocycles. The smallest absolute Gasteiger partial charge is 0.320 e. The summed E-state index contributed by atoms with van der Waals surface area (Å²) < 4.78 is 4.93. The van der Waals surface area contributed by atoms with Crippen LogP contribution in [0, 0.1) is 0 Å². The summed E-state index contributed by atoms with van der Waals surface area (Å²) in [4.78, 5) is 13.3. The van der Waals surface area contributed by atoms with E-state index < -0.39 is 0 Å². The van der Waals surface area contributed by atoms with Crippen molar-refractivity contribution in [3.05, 3.63) is 0 Å². The molecule has 3 heteroatoms. The zero-order valence-corrected chi connectivity index (χ0v) is 14.0. The molecule has 120 valence electrons. The molecular formula is C17H35NO2. The number of nitrogens with zero attached hydrogens (tertiary/aromatic N) is 1. The zero-order chi connectivity index (χ0) is 15.1. The van der Waals surface area contributed by atoms with E-state index in [9.17, 15) is 4.79 Å². The molecule has 0 rings (SSSR count). The van der Waals surface area contributed by atoms with Crippen molar-refractivity contribution in [1.29, 1.82) is 0 Å². The minimum absolute atomic E-state index is 0.109. The second-order valence-electron chi connectivity index (χ2n) is 5.72. The first-order valence-corrected chi connectivity index (χ1v) is 8.54. The molecule has 3 nitrogen and oxygen atoms in total. The molecule has 0 spiro atoms. The lowest BCUT2D eigenvalue weighted by Crippen LogP contribution is -2.28. The number of hydrogen-bond acceptors (Lipinski definition) is 3. The molecule has 0 bridgehead atoms. The Labute approximate surface area is 126 Å². The Hall–Kier alpha value is -0.570. The fourth-order valence-corrected chi connectivity index (χ4v) is 2.38. The van der Waals surface area contributed by atoms with Crippen LogP contribution in [-0.2, 0) is 9.53 Å². The van der Waals surface area contributed by atoms with Crippen molar-refractivity contribution in [2.24, 2.45) is 0 Å². The zero-order valence-electron chi connectivity index (χ0n) is 14.0. The van der Waals surface area contributed by atoms with Gasteiger partial charge in [-0.25, -0.2) is 0 Å². The van der Waals surface area contributed by atoms with Crippen molar-refractivity contribution in [3.8, 4) is 0 Å². The predicted molar refractivity (Wildman–Crippen MR) is 86.0 cm³/mol. The van der Waals surface area contributed by atoms with Gasteiger partial charge in [-0.05, 0) is 26.9 Å². The average molecular weight is 285 g/mol. The van der Waals surface area contributed by atoms with Gasteiger partial charge in [0, 0.05) is 0 Å². The van der Waals surface area contributed by atoms with Gasteiger partial charge in [0.1, 0.15) is 0 Å². The number of rotatable bonds is 14. The molecule has 0 aliphatic rings. The lowest BCUT2D eigenvalue weighted by Gasteiger charge is -2.15. The number of likely N-dealkylation sites (N-methyl/N-ethyl adjacent to an activating group) is 1. The highest BCUT2D eigenvalue weighted by molar-refractivity contribution is 5.71. The van der Waals surface area contributed by atoms with Crippen LogP contribution in [0.25, 0.3) is 0 Å². The molecule has 0 amide bonds. The Morgan fingerprint density at radius 2 is 1.35 bits per heavy atom. The fraction of sp³-hybridized carbons (Fsp3) is 0.941. The van der Waals surface area contributed by atoms with Crippen LogP contribution in [0.1, 0.15) is 78.1 Å². The van der Waals surface area contributed by atoms with E-state index in [1.165, 1.54) is 64.2 Å². The molecule has 0 N–H and O–H groups in total. The minimum Gasteiger partial charge on any atom is -0.465 e. The van der Waals surface area contributed by atoms with Crippen LogP contribution >= 0.6 is 0 Å². The fourth-order valence-electron chi connectivity index (χ4n) is 2.38. The maximum absolute atomic E-state index is 11.3. The normalized spacial score (nSPS) is 11.0. The molecule has 0 saturated carbocycles. The van der Waals surface area contributed by atoms with Gasteiger partial charge in [-0.1, -0.05) is 64.7 Å². The Morgan fingerprint density at radius 3 is 1.85 bits per heavy atom. The third kappa shape index (κ3) is 13.9. The molecule has 0 radical (unpaired) electrons. The third-order valence-electron chi connectivity index (χ3n) is 3.60. The van der Waals surface area contributed by atoms with Crippen LogP contribution < -0.4 is 0 Å². The Bertz CT molecular complexity index is 219. The summed E-state index contributed by atoms with van der Waals surface area (Å²) in [6.45, 7) is 6.00. The standard InChI is InChI=1S/C17H35NO2/c1-4-6-7-8-9-10-11-12-13-14-15-18(3)16-17(19)20-5-2/h4-16H2,1-3H3. The van der Waals surface area contributed by atoms with Crippen LogP contribution in [0.5, 0.6) is 0 Å². The van der Waals surface area contributed by atoms with Crippen LogP contribution in [0.2, 0.25) is 0 Å². The Kier molecular flexibility index (Phi) is 14.4. The molecule has 0 atom stereocenters. The summed E-state index contributed by atoms with van der Waals surface area (Å²) in [5.41, 5.74) is 0. The van der Waals surface area contributed by atoms with Crippen molar-refractivity contribution in [1.82, 2.24) is 4.90 Å². The minimum atomic E-state index is -0.109. The number of ether oxygens (including phenoxy) is 1. The van der Waals surface area contributed by atoms with Crippen LogP contribution in [-0.4, -0.2) is 37.6 Å². The summed E-state index contributed by atoms with van der Waals surface area (Å²) in [5, 5.41) is 0. The molecule has 0 aromatic rings. The second-order valence-corrected chi connectivity index (χ2v) is 5.72.